The first-order valence-electron chi connectivity index (χ1n) is 8.56. The van der Waals surface area contributed by atoms with Gasteiger partial charge < -0.3 is 24.8 Å². The number of ether oxygens (including phenoxy) is 2. The van der Waals surface area contributed by atoms with Crippen LogP contribution in [0.1, 0.15) is 22.0 Å². The van der Waals surface area contributed by atoms with Gasteiger partial charge in [-0.25, -0.2) is 0 Å². The van der Waals surface area contributed by atoms with Crippen LogP contribution in [-0.2, 0) is 9.53 Å². The van der Waals surface area contributed by atoms with E-state index >= 15 is 0 Å². The van der Waals surface area contributed by atoms with Crippen LogP contribution in [0, 0.1) is 0 Å². The van der Waals surface area contributed by atoms with Gasteiger partial charge in [-0.3, -0.25) is 9.59 Å². The Morgan fingerprint density at radius 1 is 1.22 bits per heavy atom. The Morgan fingerprint density at radius 2 is 1.89 bits per heavy atom. The number of carbonyl (C=O) groups excluding carboxylic acids is 2. The molecule has 3 rings (SSSR count). The van der Waals surface area contributed by atoms with Gasteiger partial charge in [0.15, 0.2) is 0 Å². The number of nitrogens with zero attached hydrogens (tertiary/aromatic N) is 1. The second-order valence-corrected chi connectivity index (χ2v) is 6.34. The number of anilines is 1. The standard InChI is InChI=1S/C20H22N2O5/c1-22-17(11-27-12-18(22)23)19(24)13-3-7-15(8-4-13)21-20(25)14-5-9-16(26-2)10-6-14/h3-10,17,19,24H,11-12H2,1-2H3,(H,21,25). The lowest BCUT2D eigenvalue weighted by Crippen LogP contribution is -2.49. The van der Waals surface area contributed by atoms with E-state index in [2.05, 4.69) is 5.32 Å². The second-order valence-electron chi connectivity index (χ2n) is 6.34. The third-order valence-corrected chi connectivity index (χ3v) is 4.63. The van der Waals surface area contributed by atoms with Gasteiger partial charge >= 0.3 is 0 Å². The van der Waals surface area contributed by atoms with Crippen LogP contribution in [-0.4, -0.2) is 55.2 Å². The van der Waals surface area contributed by atoms with Crippen LogP contribution in [0.4, 0.5) is 5.69 Å². The highest BCUT2D eigenvalue weighted by Gasteiger charge is 2.32. The van der Waals surface area contributed by atoms with Gasteiger partial charge in [0, 0.05) is 18.3 Å². The van der Waals surface area contributed by atoms with Crippen LogP contribution in [0.2, 0.25) is 0 Å². The molecule has 2 aromatic rings. The molecule has 1 fully saturated rings. The number of rotatable bonds is 5. The van der Waals surface area contributed by atoms with Crippen LogP contribution in [0.3, 0.4) is 0 Å². The fourth-order valence-electron chi connectivity index (χ4n) is 2.90. The molecule has 1 saturated heterocycles. The molecule has 0 saturated carbocycles. The normalized spacial score (nSPS) is 18.1. The van der Waals surface area contributed by atoms with E-state index in [-0.39, 0.29) is 25.0 Å². The molecule has 7 nitrogen and oxygen atoms in total. The first-order chi connectivity index (χ1) is 13.0. The number of carbonyl (C=O) groups is 2. The quantitative estimate of drug-likeness (QED) is 0.839. The summed E-state index contributed by atoms with van der Waals surface area (Å²) < 4.78 is 10.3. The maximum Gasteiger partial charge on any atom is 0.255 e. The van der Waals surface area contributed by atoms with Gasteiger partial charge in [-0.05, 0) is 42.0 Å². The summed E-state index contributed by atoms with van der Waals surface area (Å²) >= 11 is 0. The minimum atomic E-state index is -0.870. The SMILES string of the molecule is COc1ccc(C(=O)Nc2ccc(C(O)C3COCC(=O)N3C)cc2)cc1. The van der Waals surface area contributed by atoms with Crippen molar-refractivity contribution >= 4 is 17.5 Å². The molecular weight excluding hydrogens is 348 g/mol. The van der Waals surface area contributed by atoms with Crippen LogP contribution in [0.15, 0.2) is 48.5 Å². The van der Waals surface area contributed by atoms with Crippen molar-refractivity contribution in [2.75, 3.05) is 32.7 Å². The second kappa shape index (κ2) is 8.20. The molecule has 0 spiro atoms. The summed E-state index contributed by atoms with van der Waals surface area (Å²) in [6.45, 7) is 0.315. The monoisotopic (exact) mass is 370 g/mol. The van der Waals surface area contributed by atoms with Crippen molar-refractivity contribution in [2.45, 2.75) is 12.1 Å². The largest absolute Gasteiger partial charge is 0.497 e. The minimum absolute atomic E-state index is 0.0377. The highest BCUT2D eigenvalue weighted by Crippen LogP contribution is 2.24. The lowest BCUT2D eigenvalue weighted by molar-refractivity contribution is -0.151. The lowest BCUT2D eigenvalue weighted by Gasteiger charge is -2.35. The van der Waals surface area contributed by atoms with Gasteiger partial charge in [-0.2, -0.15) is 0 Å². The molecule has 2 amide bonds. The predicted octanol–water partition coefficient (Wildman–Crippen LogP) is 1.84. The lowest BCUT2D eigenvalue weighted by atomic mass is 10.0. The Kier molecular flexibility index (Phi) is 5.73. The van der Waals surface area contributed by atoms with Crippen molar-refractivity contribution in [1.29, 1.82) is 0 Å². The Morgan fingerprint density at radius 3 is 2.52 bits per heavy atom. The molecule has 2 N–H and O–H groups in total. The Hall–Kier alpha value is -2.90. The molecule has 0 radical (unpaired) electrons. The van der Waals surface area contributed by atoms with Crippen molar-refractivity contribution < 1.29 is 24.2 Å². The number of hydrogen-bond acceptors (Lipinski definition) is 5. The number of likely N-dealkylation sites (N-methyl/N-ethyl adjacent to an activating group) is 1. The molecule has 1 aliphatic heterocycles. The fourth-order valence-corrected chi connectivity index (χ4v) is 2.90. The zero-order valence-electron chi connectivity index (χ0n) is 15.2. The number of aliphatic hydroxyl groups is 1. The van der Waals surface area contributed by atoms with E-state index in [0.717, 1.165) is 0 Å². The molecule has 0 aromatic heterocycles. The third kappa shape index (κ3) is 4.27. The maximum atomic E-state index is 12.3. The Bertz CT molecular complexity index is 804. The Balaban J connectivity index is 1.65. The van der Waals surface area contributed by atoms with E-state index in [1.807, 2.05) is 0 Å². The van der Waals surface area contributed by atoms with Crippen molar-refractivity contribution in [3.05, 3.63) is 59.7 Å². The summed E-state index contributed by atoms with van der Waals surface area (Å²) in [6, 6.07) is 13.2. The number of amides is 2. The third-order valence-electron chi connectivity index (χ3n) is 4.63. The fraction of sp³-hybridized carbons (Fsp3) is 0.300. The van der Waals surface area contributed by atoms with Gasteiger partial charge in [0.1, 0.15) is 18.5 Å². The molecule has 1 heterocycles. The minimum Gasteiger partial charge on any atom is -0.497 e. The number of methoxy groups -OCH3 is 1. The van der Waals surface area contributed by atoms with E-state index in [4.69, 9.17) is 9.47 Å². The highest BCUT2D eigenvalue weighted by atomic mass is 16.5. The summed E-state index contributed by atoms with van der Waals surface area (Å²) in [5, 5.41) is 13.4. The summed E-state index contributed by atoms with van der Waals surface area (Å²) in [4.78, 5) is 25.5. The van der Waals surface area contributed by atoms with Gasteiger partial charge in [0.2, 0.25) is 5.91 Å². The smallest absolute Gasteiger partial charge is 0.255 e. The van der Waals surface area contributed by atoms with Crippen molar-refractivity contribution in [2.24, 2.45) is 0 Å². The van der Waals surface area contributed by atoms with Gasteiger partial charge in [-0.1, -0.05) is 12.1 Å². The number of nitrogens with one attached hydrogen (secondary N) is 1. The van der Waals surface area contributed by atoms with Crippen LogP contribution >= 0.6 is 0 Å². The number of morpholine rings is 1. The molecule has 7 heteroatoms. The average molecular weight is 370 g/mol. The van der Waals surface area contributed by atoms with Crippen LogP contribution in [0.25, 0.3) is 0 Å². The predicted molar refractivity (Wildman–Crippen MR) is 99.7 cm³/mol. The maximum absolute atomic E-state index is 12.3. The van der Waals surface area contributed by atoms with Gasteiger partial charge in [-0.15, -0.1) is 0 Å². The first-order valence-corrected chi connectivity index (χ1v) is 8.56. The summed E-state index contributed by atoms with van der Waals surface area (Å²) in [5.74, 6) is 0.283. The van der Waals surface area contributed by atoms with Gasteiger partial charge in [0.25, 0.3) is 5.91 Å². The zero-order valence-corrected chi connectivity index (χ0v) is 15.2. The molecule has 2 aromatic carbocycles. The molecule has 0 aliphatic carbocycles. The first kappa shape index (κ1) is 18.9. The van der Waals surface area contributed by atoms with E-state index in [9.17, 15) is 14.7 Å². The number of benzene rings is 2. The molecule has 1 aliphatic rings. The average Bonchev–Trinajstić information content (AvgIpc) is 2.70. The molecule has 142 valence electrons. The van der Waals surface area contributed by atoms with Crippen molar-refractivity contribution in [3.63, 3.8) is 0 Å². The van der Waals surface area contributed by atoms with Crippen molar-refractivity contribution in [3.8, 4) is 5.75 Å². The Labute approximate surface area is 157 Å². The number of aliphatic hydroxyl groups excluding tert-OH is 1. The van der Waals surface area contributed by atoms with Crippen LogP contribution in [0.5, 0.6) is 5.75 Å². The molecule has 27 heavy (non-hydrogen) atoms. The topological polar surface area (TPSA) is 88.1 Å². The van der Waals surface area contributed by atoms with Gasteiger partial charge in [0.05, 0.1) is 19.8 Å². The summed E-state index contributed by atoms with van der Waals surface area (Å²) in [6.07, 6.45) is -0.870. The molecular formula is C20H22N2O5. The molecule has 2 atom stereocenters. The van der Waals surface area contributed by atoms with Crippen LogP contribution < -0.4 is 10.1 Å². The molecule has 0 bridgehead atoms. The van der Waals surface area contributed by atoms with E-state index < -0.39 is 12.1 Å². The highest BCUT2D eigenvalue weighted by molar-refractivity contribution is 6.04. The number of hydrogen-bond donors (Lipinski definition) is 2. The molecule has 2 unspecified atom stereocenters. The summed E-state index contributed by atoms with van der Waals surface area (Å²) in [7, 11) is 3.22. The van der Waals surface area contributed by atoms with E-state index in [1.165, 1.54) is 4.90 Å². The zero-order chi connectivity index (χ0) is 19.4. The van der Waals surface area contributed by atoms with E-state index in [0.29, 0.717) is 22.6 Å². The van der Waals surface area contributed by atoms with Crippen molar-refractivity contribution in [1.82, 2.24) is 4.90 Å². The summed E-state index contributed by atoms with van der Waals surface area (Å²) in [5.41, 5.74) is 1.77. The van der Waals surface area contributed by atoms with E-state index in [1.54, 1.807) is 62.7 Å².